The number of hydrogen-bond acceptors (Lipinski definition) is 2. The van der Waals surface area contributed by atoms with Gasteiger partial charge < -0.3 is 0 Å². The monoisotopic (exact) mass is 291 g/mol. The minimum Gasteiger partial charge on any atom is -0.207 e. The average molecular weight is 292 g/mol. The van der Waals surface area contributed by atoms with Crippen LogP contribution in [0.5, 0.6) is 0 Å². The summed E-state index contributed by atoms with van der Waals surface area (Å²) >= 11 is 7.70. The Morgan fingerprint density at radius 3 is 2.68 bits per heavy atom. The Balaban J connectivity index is 1.98. The molecule has 0 fully saturated rings. The number of halogens is 2. The van der Waals surface area contributed by atoms with Crippen LogP contribution in [0, 0.1) is 17.1 Å². The minimum atomic E-state index is -0.368. The highest BCUT2D eigenvalue weighted by molar-refractivity contribution is 7.97. The molecule has 0 radical (unpaired) electrons. The van der Waals surface area contributed by atoms with Crippen LogP contribution in [0.15, 0.2) is 42.5 Å². The van der Waals surface area contributed by atoms with Crippen molar-refractivity contribution in [3.8, 4) is 6.07 Å². The third-order valence-electron chi connectivity index (χ3n) is 2.57. The Bertz CT molecular complexity index is 622. The molecular formula is C15H11ClFNS. The van der Waals surface area contributed by atoms with Gasteiger partial charge in [-0.05, 0) is 35.4 Å². The zero-order valence-corrected chi connectivity index (χ0v) is 11.6. The van der Waals surface area contributed by atoms with Crippen molar-refractivity contribution in [1.82, 2.24) is 0 Å². The third kappa shape index (κ3) is 3.99. The van der Waals surface area contributed by atoms with E-state index in [9.17, 15) is 4.39 Å². The van der Waals surface area contributed by atoms with Gasteiger partial charge >= 0.3 is 0 Å². The van der Waals surface area contributed by atoms with Crippen LogP contribution in [0.2, 0.25) is 5.02 Å². The van der Waals surface area contributed by atoms with Crippen LogP contribution in [-0.4, -0.2) is 0 Å². The summed E-state index contributed by atoms with van der Waals surface area (Å²) in [6.07, 6.45) is 0. The maximum absolute atomic E-state index is 13.2. The molecule has 96 valence electrons. The summed E-state index contributed by atoms with van der Waals surface area (Å²) in [5.41, 5.74) is 2.23. The van der Waals surface area contributed by atoms with Crippen molar-refractivity contribution in [2.24, 2.45) is 0 Å². The highest BCUT2D eigenvalue weighted by Crippen LogP contribution is 2.23. The second-order valence-corrected chi connectivity index (χ2v) is 5.44. The summed E-state index contributed by atoms with van der Waals surface area (Å²) in [6.45, 7) is 0. The second kappa shape index (κ2) is 6.60. The molecule has 0 spiro atoms. The van der Waals surface area contributed by atoms with Gasteiger partial charge in [-0.15, -0.1) is 0 Å². The molecule has 0 amide bonds. The second-order valence-electron chi connectivity index (χ2n) is 4.04. The first-order valence-corrected chi connectivity index (χ1v) is 7.23. The smallest absolute Gasteiger partial charge is 0.124 e. The van der Waals surface area contributed by atoms with Crippen LogP contribution in [0.4, 0.5) is 4.39 Å². The van der Waals surface area contributed by atoms with E-state index in [0.29, 0.717) is 11.3 Å². The van der Waals surface area contributed by atoms with E-state index in [0.717, 1.165) is 21.9 Å². The molecule has 2 aromatic carbocycles. The van der Waals surface area contributed by atoms with Gasteiger partial charge in [0, 0.05) is 16.5 Å². The summed E-state index contributed by atoms with van der Waals surface area (Å²) in [6, 6.07) is 14.0. The Labute approximate surface area is 121 Å². The topological polar surface area (TPSA) is 23.8 Å². The molecule has 4 heteroatoms. The maximum Gasteiger partial charge on any atom is 0.124 e. The van der Waals surface area contributed by atoms with Gasteiger partial charge in [-0.2, -0.15) is 17.0 Å². The summed E-state index contributed by atoms with van der Waals surface area (Å²) in [7, 11) is 0. The molecule has 0 aliphatic carbocycles. The molecule has 0 bridgehead atoms. The number of nitrogens with zero attached hydrogens (tertiary/aromatic N) is 1. The molecule has 0 atom stereocenters. The Kier molecular flexibility index (Phi) is 4.84. The fraction of sp³-hybridized carbons (Fsp3) is 0.133. The summed E-state index contributed by atoms with van der Waals surface area (Å²) < 4.78 is 13.2. The van der Waals surface area contributed by atoms with Crippen LogP contribution in [-0.2, 0) is 11.5 Å². The molecule has 0 heterocycles. The minimum absolute atomic E-state index is 0.355. The van der Waals surface area contributed by atoms with Crippen molar-refractivity contribution >= 4 is 23.4 Å². The van der Waals surface area contributed by atoms with Crippen molar-refractivity contribution in [1.29, 1.82) is 5.26 Å². The molecule has 0 N–H and O–H groups in total. The summed E-state index contributed by atoms with van der Waals surface area (Å²) in [4.78, 5) is 0. The van der Waals surface area contributed by atoms with Crippen molar-refractivity contribution in [3.05, 3.63) is 70.0 Å². The van der Waals surface area contributed by atoms with Crippen molar-refractivity contribution in [2.45, 2.75) is 11.5 Å². The third-order valence-corrected chi connectivity index (χ3v) is 3.99. The molecular weight excluding hydrogens is 281 g/mol. The zero-order chi connectivity index (χ0) is 13.7. The lowest BCUT2D eigenvalue weighted by Gasteiger charge is -2.05. The van der Waals surface area contributed by atoms with Crippen molar-refractivity contribution in [3.63, 3.8) is 0 Å². The number of benzene rings is 2. The van der Waals surface area contributed by atoms with E-state index in [2.05, 4.69) is 0 Å². The lowest BCUT2D eigenvalue weighted by molar-refractivity contribution is 0.626. The zero-order valence-electron chi connectivity index (χ0n) is 10.1. The first-order valence-electron chi connectivity index (χ1n) is 5.70. The Hall–Kier alpha value is -1.50. The maximum atomic E-state index is 13.2. The number of hydrogen-bond donors (Lipinski definition) is 0. The molecule has 1 nitrogen and oxygen atoms in total. The average Bonchev–Trinajstić information content (AvgIpc) is 2.40. The predicted molar refractivity (Wildman–Crippen MR) is 77.6 cm³/mol. The van der Waals surface area contributed by atoms with E-state index in [1.54, 1.807) is 17.8 Å². The lowest BCUT2D eigenvalue weighted by atomic mass is 10.1. The van der Waals surface area contributed by atoms with Gasteiger partial charge in [0.2, 0.25) is 0 Å². The molecule has 0 aromatic heterocycles. The molecule has 2 rings (SSSR count). The van der Waals surface area contributed by atoms with Crippen molar-refractivity contribution < 1.29 is 4.39 Å². The fourth-order valence-corrected chi connectivity index (χ4v) is 2.95. The molecule has 0 saturated heterocycles. The normalized spacial score (nSPS) is 10.2. The van der Waals surface area contributed by atoms with Crippen LogP contribution in [0.3, 0.4) is 0 Å². The van der Waals surface area contributed by atoms with Gasteiger partial charge in [-0.3, -0.25) is 0 Å². The van der Waals surface area contributed by atoms with E-state index in [4.69, 9.17) is 16.9 Å². The van der Waals surface area contributed by atoms with Gasteiger partial charge in [-0.1, -0.05) is 29.8 Å². The van der Waals surface area contributed by atoms with E-state index >= 15 is 0 Å². The number of rotatable bonds is 4. The Morgan fingerprint density at radius 2 is 1.95 bits per heavy atom. The molecule has 19 heavy (non-hydrogen) atoms. The summed E-state index contributed by atoms with van der Waals surface area (Å²) in [5.74, 6) is 1.04. The molecule has 2 aromatic rings. The van der Waals surface area contributed by atoms with Gasteiger partial charge in [-0.25, -0.2) is 4.39 Å². The standard InChI is InChI=1S/C15H11ClFNS/c16-15-4-2-1-3-13(15)10-19-9-12-5-11(8-18)6-14(17)7-12/h1-7H,9-10H2. The van der Waals surface area contributed by atoms with E-state index in [1.807, 2.05) is 30.3 Å². The van der Waals surface area contributed by atoms with Crippen LogP contribution in [0.1, 0.15) is 16.7 Å². The van der Waals surface area contributed by atoms with E-state index in [-0.39, 0.29) is 5.82 Å². The number of nitriles is 1. The molecule has 0 unspecified atom stereocenters. The van der Waals surface area contributed by atoms with Gasteiger partial charge in [0.15, 0.2) is 0 Å². The molecule has 0 saturated carbocycles. The van der Waals surface area contributed by atoms with Crippen LogP contribution < -0.4 is 0 Å². The lowest BCUT2D eigenvalue weighted by Crippen LogP contribution is -1.88. The fourth-order valence-electron chi connectivity index (χ4n) is 1.69. The van der Waals surface area contributed by atoms with Gasteiger partial charge in [0.05, 0.1) is 11.6 Å². The predicted octanol–water partition coefficient (Wildman–Crippen LogP) is 4.78. The SMILES string of the molecule is N#Cc1cc(F)cc(CSCc2ccccc2Cl)c1. The van der Waals surface area contributed by atoms with Gasteiger partial charge in [0.25, 0.3) is 0 Å². The Morgan fingerprint density at radius 1 is 1.16 bits per heavy atom. The van der Waals surface area contributed by atoms with E-state index in [1.165, 1.54) is 12.1 Å². The van der Waals surface area contributed by atoms with Crippen LogP contribution in [0.25, 0.3) is 0 Å². The highest BCUT2D eigenvalue weighted by atomic mass is 35.5. The first kappa shape index (κ1) is 13.9. The van der Waals surface area contributed by atoms with E-state index < -0.39 is 0 Å². The van der Waals surface area contributed by atoms with Gasteiger partial charge in [0.1, 0.15) is 5.82 Å². The summed E-state index contributed by atoms with van der Waals surface area (Å²) in [5, 5.41) is 9.53. The largest absolute Gasteiger partial charge is 0.207 e. The van der Waals surface area contributed by atoms with Crippen LogP contribution >= 0.6 is 23.4 Å². The highest BCUT2D eigenvalue weighted by Gasteiger charge is 2.03. The first-order chi connectivity index (χ1) is 9.19. The number of thioether (sulfide) groups is 1. The molecule has 0 aliphatic rings. The molecule has 0 aliphatic heterocycles. The van der Waals surface area contributed by atoms with Crippen molar-refractivity contribution in [2.75, 3.05) is 0 Å². The quantitative estimate of drug-likeness (QED) is 0.809.